The summed E-state index contributed by atoms with van der Waals surface area (Å²) in [5.74, 6) is -6.98. The molecule has 2 aliphatic rings. The maximum Gasteiger partial charge on any atom is 0.305 e. The molecule has 2 fully saturated rings. The Morgan fingerprint density at radius 2 is 1.30 bits per heavy atom. The molecule has 7 amide bonds. The number of phenolic OH excluding ortho intramolecular Hbond substituents is 2. The number of hydrogen-bond donors (Lipinski definition) is 16. The van der Waals surface area contributed by atoms with Crippen LogP contribution < -0.4 is 53.2 Å². The van der Waals surface area contributed by atoms with Gasteiger partial charge in [-0.25, -0.2) is 0 Å². The molecule has 4 rings (SSSR count). The molecule has 2 saturated heterocycles. The second kappa shape index (κ2) is 34.6. The molecule has 452 valence electrons. The molecule has 2 heterocycles. The van der Waals surface area contributed by atoms with Gasteiger partial charge in [-0.15, -0.1) is 0 Å². The third-order valence-corrected chi connectivity index (χ3v) is 15.9. The molecule has 26 nitrogen and oxygen atoms in total. The van der Waals surface area contributed by atoms with Crippen LogP contribution in [0.3, 0.4) is 0 Å². The third-order valence-electron chi connectivity index (χ3n) is 13.4. The van der Waals surface area contributed by atoms with E-state index >= 15 is 0 Å². The number of aromatic hydroxyl groups is 2. The van der Waals surface area contributed by atoms with Crippen molar-refractivity contribution in [1.82, 2.24) is 63.0 Å². The molecular weight excluding hydrogens is 1090 g/mol. The second-order valence-corrected chi connectivity index (χ2v) is 23.3. The van der Waals surface area contributed by atoms with Gasteiger partial charge in [-0.05, 0) is 88.5 Å². The fourth-order valence-electron chi connectivity index (χ4n) is 9.07. The average molecular weight is 1180 g/mol. The monoisotopic (exact) mass is 1180 g/mol. The second-order valence-electron chi connectivity index (χ2n) is 20.8. The quantitative estimate of drug-likeness (QED) is 0.0413. The van der Waals surface area contributed by atoms with Crippen LogP contribution in [0.5, 0.6) is 11.5 Å². The third kappa shape index (κ3) is 23.5. The largest absolute Gasteiger partial charge is 0.508 e. The summed E-state index contributed by atoms with van der Waals surface area (Å²) < 4.78 is 0. The summed E-state index contributed by atoms with van der Waals surface area (Å²) in [4.78, 5) is 115. The first kappa shape index (κ1) is 67.7. The molecule has 28 heteroatoms. The van der Waals surface area contributed by atoms with E-state index < -0.39 is 121 Å². The maximum absolute atomic E-state index is 14.6. The number of rotatable bonds is 22. The molecule has 2 aromatic carbocycles. The van der Waals surface area contributed by atoms with Gasteiger partial charge in [0.2, 0.25) is 41.4 Å². The summed E-state index contributed by atoms with van der Waals surface area (Å²) >= 11 is 0. The molecular formula is C53H84N12O14S2. The number of amides is 7. The number of carboxylic acid groups (broad SMARTS) is 1. The van der Waals surface area contributed by atoms with Crippen LogP contribution >= 0.6 is 21.6 Å². The first-order valence-electron chi connectivity index (χ1n) is 27.2. The molecule has 16 N–H and O–H groups in total. The number of benzene rings is 2. The van der Waals surface area contributed by atoms with Gasteiger partial charge in [0.1, 0.15) is 54.2 Å². The lowest BCUT2D eigenvalue weighted by atomic mass is 10.0. The van der Waals surface area contributed by atoms with Gasteiger partial charge in [0, 0.05) is 63.1 Å². The van der Waals surface area contributed by atoms with Gasteiger partial charge in [0.25, 0.3) is 0 Å². The predicted molar refractivity (Wildman–Crippen MR) is 305 cm³/mol. The Hall–Kier alpha value is -5.82. The van der Waals surface area contributed by atoms with Crippen LogP contribution in [-0.2, 0) is 51.2 Å². The van der Waals surface area contributed by atoms with E-state index in [9.17, 15) is 69.0 Å². The average Bonchev–Trinajstić information content (AvgIpc) is 3.97. The van der Waals surface area contributed by atoms with E-state index in [2.05, 4.69) is 53.2 Å². The summed E-state index contributed by atoms with van der Waals surface area (Å²) in [6, 6.07) is 1.28. The van der Waals surface area contributed by atoms with Crippen LogP contribution in [0, 0.1) is 5.92 Å². The lowest BCUT2D eigenvalue weighted by Crippen LogP contribution is -2.61. The highest BCUT2D eigenvalue weighted by atomic mass is 33.1. The number of phenols is 2. The Kier molecular flexibility index (Phi) is 28.9. The molecule has 81 heavy (non-hydrogen) atoms. The summed E-state index contributed by atoms with van der Waals surface area (Å²) in [7, 11) is 5.95. The van der Waals surface area contributed by atoms with Crippen LogP contribution in [0.4, 0.5) is 0 Å². The minimum absolute atomic E-state index is 0.0188. The predicted octanol–water partition coefficient (Wildman–Crippen LogP) is -2.98. The molecule has 0 saturated carbocycles. The maximum atomic E-state index is 14.6. The van der Waals surface area contributed by atoms with E-state index in [1.807, 2.05) is 32.8 Å². The lowest BCUT2D eigenvalue weighted by molar-refractivity contribution is -0.141. The Morgan fingerprint density at radius 1 is 0.753 bits per heavy atom. The van der Waals surface area contributed by atoms with E-state index in [-0.39, 0.29) is 60.8 Å². The number of likely N-dealkylation sites (N-methyl/N-ethyl adjacent to an activating group) is 2. The van der Waals surface area contributed by atoms with E-state index in [0.717, 1.165) is 10.8 Å². The topological polar surface area (TPSA) is 385 Å². The fraction of sp³-hybridized carbons (Fsp3) is 0.623. The van der Waals surface area contributed by atoms with E-state index in [0.29, 0.717) is 56.6 Å². The number of aliphatic hydroxyl groups excluding tert-OH is 3. The summed E-state index contributed by atoms with van der Waals surface area (Å²) in [5.41, 5.74) is 0.865. The minimum Gasteiger partial charge on any atom is -0.508 e. The standard InChI is InChI=1S/C53H84N12O14S2/c1-30(2)22-40(58-44(70)27-64(20-17-54-5)21-18-55-6)53(79)65-19-7-8-42(65)51(77)62-41-29-81-80-28-31(3)57-52(78)46(32(4)66)63-43(69)26-56-47(73)37(23-33-9-13-35(67)14-10-33)59-48(74)38(24-34-11-15-36(68)16-12-34)60-49(75)39(25-45(71)72)61-50(41)76/h9-16,30-32,37-43,46,51,54-55,62-63,66-69,77H,7-8,17-29H2,1-6H3,(H,56,73)(H,57,78)(H,58,70)(H,59,74)(H,60,75)(H,61,76)(H,71,72)/t31-,32?,37+,38+,39+,40+,41+,42?,43-,46+,51+/m1/s1. The molecule has 2 aromatic rings. The van der Waals surface area contributed by atoms with Gasteiger partial charge in [-0.1, -0.05) is 59.7 Å². The smallest absolute Gasteiger partial charge is 0.305 e. The van der Waals surface area contributed by atoms with Crippen LogP contribution in [0.15, 0.2) is 48.5 Å². The number of aliphatic hydroxyl groups is 3. The first-order valence-corrected chi connectivity index (χ1v) is 29.7. The van der Waals surface area contributed by atoms with Crippen molar-refractivity contribution in [3.05, 3.63) is 59.7 Å². The fourth-order valence-corrected chi connectivity index (χ4v) is 11.5. The molecule has 0 aliphatic carbocycles. The SMILES string of the molecule is CNCCN(CCNC)CC(=O)N[C@@H](CC(C)C)C(=O)N1CCCC1[C@H](O)N[C@H]1CSSC[C@@H](C)NC(=O)[C@H](C(C)O)N[C@H](O)CNC(=O)[C@H](Cc2ccc(O)cc2)NC(=O)[C@H](Cc2ccc(O)cc2)NC(=O)[C@H](CC(=O)O)NC1=O. The molecule has 0 aromatic heterocycles. The number of β-amino-alcohol motifs (C(OH)–C–C–N with tert-alkyl or cyclic N) is 1. The van der Waals surface area contributed by atoms with Crippen LogP contribution in [0.1, 0.15) is 64.5 Å². The number of hydrogen-bond acceptors (Lipinski definition) is 20. The highest BCUT2D eigenvalue weighted by molar-refractivity contribution is 8.76. The van der Waals surface area contributed by atoms with Crippen molar-refractivity contribution in [2.75, 3.05) is 71.4 Å². The van der Waals surface area contributed by atoms with Crippen molar-refractivity contribution < 1.29 is 69.0 Å². The molecule has 0 radical (unpaired) electrons. The van der Waals surface area contributed by atoms with Gasteiger partial charge in [-0.3, -0.25) is 53.9 Å². The number of nitrogens with zero attached hydrogens (tertiary/aromatic N) is 2. The van der Waals surface area contributed by atoms with Gasteiger partial charge >= 0.3 is 5.97 Å². The number of carbonyl (C=O) groups is 8. The van der Waals surface area contributed by atoms with Crippen LogP contribution in [-0.4, -0.2) is 226 Å². The number of nitrogens with one attached hydrogen (secondary N) is 10. The first-order chi connectivity index (χ1) is 38.5. The van der Waals surface area contributed by atoms with Crippen molar-refractivity contribution in [3.8, 4) is 11.5 Å². The Labute approximate surface area is 480 Å². The van der Waals surface area contributed by atoms with Crippen molar-refractivity contribution in [3.63, 3.8) is 0 Å². The Bertz CT molecular complexity index is 2350. The van der Waals surface area contributed by atoms with Gasteiger partial charge < -0.3 is 78.1 Å². The van der Waals surface area contributed by atoms with Crippen molar-refractivity contribution >= 4 is 68.9 Å². The number of carboxylic acids is 1. The van der Waals surface area contributed by atoms with Crippen molar-refractivity contribution in [2.45, 2.75) is 133 Å². The van der Waals surface area contributed by atoms with Crippen molar-refractivity contribution in [2.24, 2.45) is 5.92 Å². The Balaban J connectivity index is 1.70. The number of likely N-dealkylation sites (tertiary alicyclic amines) is 1. The molecule has 0 bridgehead atoms. The van der Waals surface area contributed by atoms with Crippen LogP contribution in [0.2, 0.25) is 0 Å². The zero-order chi connectivity index (χ0) is 59.8. The number of carbonyl (C=O) groups excluding carboxylic acids is 7. The zero-order valence-electron chi connectivity index (χ0n) is 46.8. The normalized spacial score (nSPS) is 24.5. The van der Waals surface area contributed by atoms with Gasteiger partial charge in [0.05, 0.1) is 37.7 Å². The van der Waals surface area contributed by atoms with E-state index in [4.69, 9.17) is 0 Å². The number of aliphatic carboxylic acids is 1. The lowest BCUT2D eigenvalue weighted by Gasteiger charge is -2.34. The minimum atomic E-state index is -1.84. The van der Waals surface area contributed by atoms with E-state index in [1.54, 1.807) is 6.92 Å². The van der Waals surface area contributed by atoms with Crippen LogP contribution in [0.25, 0.3) is 0 Å². The summed E-state index contributed by atoms with van der Waals surface area (Å²) in [6.07, 6.45) is -4.93. The van der Waals surface area contributed by atoms with Crippen molar-refractivity contribution in [1.29, 1.82) is 0 Å². The van der Waals surface area contributed by atoms with E-state index in [1.165, 1.54) is 71.1 Å². The molecule has 2 aliphatic heterocycles. The summed E-state index contributed by atoms with van der Waals surface area (Å²) in [5, 5.41) is 91.3. The molecule has 0 spiro atoms. The molecule has 11 atom stereocenters. The highest BCUT2D eigenvalue weighted by Crippen LogP contribution is 2.26. The molecule has 2 unspecified atom stereocenters. The zero-order valence-corrected chi connectivity index (χ0v) is 48.4. The van der Waals surface area contributed by atoms with Gasteiger partial charge in [-0.2, -0.15) is 0 Å². The van der Waals surface area contributed by atoms with Gasteiger partial charge in [0.15, 0.2) is 0 Å². The highest BCUT2D eigenvalue weighted by Gasteiger charge is 2.40. The Morgan fingerprint density at radius 3 is 1.84 bits per heavy atom. The summed E-state index contributed by atoms with van der Waals surface area (Å²) in [6.45, 7) is 9.01.